The first-order valence-electron chi connectivity index (χ1n) is 14.2. The Morgan fingerprint density at radius 2 is 1.80 bits per heavy atom. The van der Waals surface area contributed by atoms with E-state index in [0.29, 0.717) is 18.7 Å². The van der Waals surface area contributed by atoms with Crippen molar-refractivity contribution in [3.63, 3.8) is 0 Å². The number of H-pyrrole nitrogens is 1. The van der Waals surface area contributed by atoms with Crippen molar-refractivity contribution < 1.29 is 14.3 Å². The van der Waals surface area contributed by atoms with E-state index in [4.69, 9.17) is 9.47 Å². The zero-order valence-electron chi connectivity index (χ0n) is 23.4. The monoisotopic (exact) mass is 547 g/mol. The smallest absolute Gasteiger partial charge is 0.231 e. The highest BCUT2D eigenvalue weighted by molar-refractivity contribution is 5.97. The number of nitrogens with one attached hydrogen (secondary N) is 1. The number of rotatable bonds is 6. The number of hydrogen-bond donors (Lipinski definition) is 1. The van der Waals surface area contributed by atoms with Crippen LogP contribution in [0.4, 0.5) is 0 Å². The van der Waals surface area contributed by atoms with Gasteiger partial charge in [-0.05, 0) is 54.4 Å². The van der Waals surface area contributed by atoms with Crippen molar-refractivity contribution in [2.75, 3.05) is 46.6 Å². The Morgan fingerprint density at radius 3 is 2.61 bits per heavy atom. The van der Waals surface area contributed by atoms with Crippen molar-refractivity contribution in [1.82, 2.24) is 24.7 Å². The minimum absolute atomic E-state index is 0.164. The first-order valence-corrected chi connectivity index (χ1v) is 14.2. The minimum atomic E-state index is -0.164. The highest BCUT2D eigenvalue weighted by Crippen LogP contribution is 2.43. The number of aromatic amines is 1. The number of nitrogens with zero attached hydrogens (tertiary/aromatic N) is 4. The molecule has 0 saturated carbocycles. The lowest BCUT2D eigenvalue weighted by molar-refractivity contribution is 0.174. The molecule has 1 aromatic heterocycles. The maximum Gasteiger partial charge on any atom is 0.231 e. The molecule has 3 aromatic carbocycles. The zero-order valence-corrected chi connectivity index (χ0v) is 23.4. The second kappa shape index (κ2) is 10.5. The molecule has 1 atom stereocenters. The van der Waals surface area contributed by atoms with Crippen molar-refractivity contribution in [3.8, 4) is 11.5 Å². The summed E-state index contributed by atoms with van der Waals surface area (Å²) in [6, 6.07) is 20.8. The number of aryl methyl sites for hydroxylation is 1. The van der Waals surface area contributed by atoms with Crippen LogP contribution < -0.4 is 9.47 Å². The van der Waals surface area contributed by atoms with Crippen molar-refractivity contribution in [1.29, 1.82) is 0 Å². The lowest BCUT2D eigenvalue weighted by Crippen LogP contribution is -2.44. The minimum Gasteiger partial charge on any atom is -0.454 e. The van der Waals surface area contributed by atoms with E-state index >= 15 is 0 Å². The molecule has 0 bridgehead atoms. The molecule has 1 fully saturated rings. The van der Waals surface area contributed by atoms with Gasteiger partial charge in [0.25, 0.3) is 0 Å². The summed E-state index contributed by atoms with van der Waals surface area (Å²) in [4.78, 5) is 27.9. The van der Waals surface area contributed by atoms with Crippen LogP contribution in [0.5, 0.6) is 11.5 Å². The van der Waals surface area contributed by atoms with Gasteiger partial charge in [0.1, 0.15) is 11.5 Å². The number of fused-ring (bicyclic) bond motifs is 2. The lowest BCUT2D eigenvalue weighted by atomic mass is 9.97. The van der Waals surface area contributed by atoms with Gasteiger partial charge < -0.3 is 29.2 Å². The largest absolute Gasteiger partial charge is 0.454 e. The molecule has 8 heteroatoms. The summed E-state index contributed by atoms with van der Waals surface area (Å²) in [7, 11) is 2.15. The van der Waals surface area contributed by atoms with Crippen LogP contribution in [0.3, 0.4) is 0 Å². The van der Waals surface area contributed by atoms with Gasteiger partial charge in [-0.25, -0.2) is 9.78 Å². The molecule has 0 spiro atoms. The van der Waals surface area contributed by atoms with Crippen molar-refractivity contribution in [3.05, 3.63) is 101 Å². The van der Waals surface area contributed by atoms with Gasteiger partial charge in [-0.1, -0.05) is 48.5 Å². The number of imidazole rings is 1. The van der Waals surface area contributed by atoms with Gasteiger partial charge in [-0.15, -0.1) is 0 Å². The zero-order chi connectivity index (χ0) is 27.9. The van der Waals surface area contributed by atoms with Crippen LogP contribution in [0, 0.1) is 6.92 Å². The van der Waals surface area contributed by atoms with E-state index in [-0.39, 0.29) is 12.8 Å². The Hall–Kier alpha value is -4.52. The van der Waals surface area contributed by atoms with Crippen LogP contribution in [0.2, 0.25) is 0 Å². The lowest BCUT2D eigenvalue weighted by Gasteiger charge is -2.36. The molecule has 3 aliphatic heterocycles. The molecule has 41 heavy (non-hydrogen) atoms. The standard InChI is InChI=1S/C33H33N5O3/c1-22-34-18-28(35-22)29(16-23-10-11-31-32(17-23)41-21-40-31)38-19-27(26-9-5-7-24-6-3-4-8-25(24)26)33(30(38)20-39)37-14-12-36(2)13-15-37/h3-11,17-18,29H,12-16,19,21H2,1-2H3,(H,34,35). The molecule has 8 nitrogen and oxygen atoms in total. The second-order valence-electron chi connectivity index (χ2n) is 11.1. The van der Waals surface area contributed by atoms with Gasteiger partial charge in [-0.3, -0.25) is 0 Å². The van der Waals surface area contributed by atoms with E-state index in [0.717, 1.165) is 71.6 Å². The molecule has 208 valence electrons. The number of aromatic nitrogens is 2. The molecule has 1 unspecified atom stereocenters. The Morgan fingerprint density at radius 1 is 1.00 bits per heavy atom. The molecule has 1 saturated heterocycles. The summed E-state index contributed by atoms with van der Waals surface area (Å²) in [5.41, 5.74) is 5.99. The summed E-state index contributed by atoms with van der Waals surface area (Å²) in [6.45, 7) is 6.38. The van der Waals surface area contributed by atoms with E-state index in [2.05, 4.69) is 86.2 Å². The van der Waals surface area contributed by atoms with Gasteiger partial charge in [0.15, 0.2) is 17.4 Å². The molecule has 3 aliphatic rings. The Kier molecular flexibility index (Phi) is 6.50. The average molecular weight is 548 g/mol. The first-order chi connectivity index (χ1) is 20.1. The number of hydrogen-bond acceptors (Lipinski definition) is 7. The van der Waals surface area contributed by atoms with E-state index in [9.17, 15) is 4.79 Å². The highest BCUT2D eigenvalue weighted by atomic mass is 16.7. The SMILES string of the molecule is Cc1ncc(C(Cc2ccc3c(c2)OCO3)N2CC(c3cccc4ccccc34)=C(N3CCN(C)CC3)C2=C=O)[nH]1. The summed E-state index contributed by atoms with van der Waals surface area (Å²) in [6.07, 6.45) is 2.54. The van der Waals surface area contributed by atoms with Crippen molar-refractivity contribution >= 4 is 22.3 Å². The summed E-state index contributed by atoms with van der Waals surface area (Å²) < 4.78 is 11.2. The van der Waals surface area contributed by atoms with Crippen LogP contribution in [-0.2, 0) is 11.2 Å². The Labute approximate surface area is 239 Å². The quantitative estimate of drug-likeness (QED) is 0.355. The van der Waals surface area contributed by atoms with Gasteiger partial charge in [0, 0.05) is 38.3 Å². The maximum atomic E-state index is 13.0. The highest BCUT2D eigenvalue weighted by Gasteiger charge is 2.38. The molecule has 0 amide bonds. The second-order valence-corrected chi connectivity index (χ2v) is 11.1. The van der Waals surface area contributed by atoms with E-state index in [1.807, 2.05) is 25.3 Å². The Bertz CT molecular complexity index is 1690. The van der Waals surface area contributed by atoms with E-state index < -0.39 is 0 Å². The average Bonchev–Trinajstić information content (AvgIpc) is 3.74. The molecule has 0 radical (unpaired) electrons. The fourth-order valence-corrected chi connectivity index (χ4v) is 6.34. The molecule has 0 aliphatic carbocycles. The van der Waals surface area contributed by atoms with Gasteiger partial charge in [-0.2, -0.15) is 0 Å². The van der Waals surface area contributed by atoms with E-state index in [1.165, 1.54) is 10.8 Å². The summed E-state index contributed by atoms with van der Waals surface area (Å²) in [5.74, 6) is 4.76. The predicted molar refractivity (Wildman–Crippen MR) is 158 cm³/mol. The number of benzene rings is 3. The molecular formula is C33H33N5O3. The predicted octanol–water partition coefficient (Wildman–Crippen LogP) is 4.57. The van der Waals surface area contributed by atoms with Gasteiger partial charge >= 0.3 is 0 Å². The normalized spacial score (nSPS) is 18.0. The van der Waals surface area contributed by atoms with Crippen LogP contribution in [0.25, 0.3) is 16.3 Å². The van der Waals surface area contributed by atoms with Crippen LogP contribution in [-0.4, -0.2) is 77.2 Å². The molecule has 7 rings (SSSR count). The summed E-state index contributed by atoms with van der Waals surface area (Å²) >= 11 is 0. The number of likely N-dealkylation sites (N-methyl/N-ethyl adjacent to an activating group) is 1. The third-order valence-electron chi connectivity index (χ3n) is 8.48. The maximum absolute atomic E-state index is 13.0. The molecule has 4 heterocycles. The van der Waals surface area contributed by atoms with Crippen LogP contribution in [0.15, 0.2) is 78.3 Å². The van der Waals surface area contributed by atoms with E-state index in [1.54, 1.807) is 0 Å². The third-order valence-corrected chi connectivity index (χ3v) is 8.48. The number of ether oxygens (including phenoxy) is 2. The van der Waals surface area contributed by atoms with Crippen molar-refractivity contribution in [2.45, 2.75) is 19.4 Å². The van der Waals surface area contributed by atoms with Crippen LogP contribution >= 0.6 is 0 Å². The fourth-order valence-electron chi connectivity index (χ4n) is 6.34. The number of carbonyl (C=O) groups excluding carboxylic acids is 1. The van der Waals surface area contributed by atoms with Crippen LogP contribution in [0.1, 0.15) is 28.7 Å². The third kappa shape index (κ3) is 4.65. The Balaban J connectivity index is 1.34. The molecule has 4 aromatic rings. The fraction of sp³-hybridized carbons (Fsp3) is 0.303. The molecule has 1 N–H and O–H groups in total. The van der Waals surface area contributed by atoms with Gasteiger partial charge in [0.2, 0.25) is 6.79 Å². The topological polar surface area (TPSA) is 73.9 Å². The van der Waals surface area contributed by atoms with Gasteiger partial charge in [0.05, 0.1) is 23.6 Å². The summed E-state index contributed by atoms with van der Waals surface area (Å²) in [5, 5.41) is 2.37. The molecular weight excluding hydrogens is 514 g/mol. The number of piperazine rings is 1. The first kappa shape index (κ1) is 25.4. The van der Waals surface area contributed by atoms with Crippen molar-refractivity contribution in [2.24, 2.45) is 0 Å².